The second-order valence-electron chi connectivity index (χ2n) is 4.92. The predicted octanol–water partition coefficient (Wildman–Crippen LogP) is 3.25. The molecule has 0 aromatic rings. The van der Waals surface area contributed by atoms with Gasteiger partial charge in [0.2, 0.25) is 0 Å². The summed E-state index contributed by atoms with van der Waals surface area (Å²) in [5.74, 6) is 0. The van der Waals surface area contributed by atoms with E-state index in [1.165, 1.54) is 38.1 Å². The Morgan fingerprint density at radius 3 is 2.00 bits per heavy atom. The van der Waals surface area contributed by atoms with Gasteiger partial charge in [0.15, 0.2) is 0 Å². The van der Waals surface area contributed by atoms with Crippen LogP contribution in [-0.4, -0.2) is 22.5 Å². The predicted molar refractivity (Wildman–Crippen MR) is 66.4 cm³/mol. The van der Waals surface area contributed by atoms with Crippen molar-refractivity contribution in [2.24, 2.45) is 5.41 Å². The molecule has 1 rings (SSSR count). The van der Waals surface area contributed by atoms with E-state index in [0.717, 1.165) is 13.2 Å². The zero-order valence-electron chi connectivity index (χ0n) is 10.6. The van der Waals surface area contributed by atoms with Crippen molar-refractivity contribution in [1.82, 2.24) is 0 Å². The first kappa shape index (κ1) is 13.2. The Kier molecular flexibility index (Phi) is 5.86. The van der Waals surface area contributed by atoms with E-state index in [1.807, 2.05) is 0 Å². The molecule has 0 atom stereocenters. The molecule has 2 nitrogen and oxygen atoms in total. The van der Waals surface area contributed by atoms with Gasteiger partial charge in [-0.2, -0.15) is 0 Å². The third-order valence-corrected chi connectivity index (χ3v) is 6.15. The summed E-state index contributed by atoms with van der Waals surface area (Å²) in [5, 5.41) is 0. The molecule has 0 spiro atoms. The van der Waals surface area contributed by atoms with E-state index in [2.05, 4.69) is 20.8 Å². The maximum absolute atomic E-state index is 5.77. The number of hydrogen-bond donors (Lipinski definition) is 0. The standard InChI is InChI=1S/C12H26O2Si/c1-4-13-15(14-5-2)11-12(3)9-7-6-8-10-12/h15H,4-11H2,1-3H3. The summed E-state index contributed by atoms with van der Waals surface area (Å²) in [4.78, 5) is 0. The molecule has 0 aromatic carbocycles. The number of hydrogen-bond acceptors (Lipinski definition) is 2. The third-order valence-electron chi connectivity index (χ3n) is 3.43. The molecule has 0 amide bonds. The number of rotatable bonds is 6. The van der Waals surface area contributed by atoms with Crippen molar-refractivity contribution >= 4 is 9.28 Å². The van der Waals surface area contributed by atoms with E-state index >= 15 is 0 Å². The maximum atomic E-state index is 5.77. The SMILES string of the molecule is CCO[SiH](CC1(C)CCCCC1)OCC. The second kappa shape index (κ2) is 6.66. The van der Waals surface area contributed by atoms with Crippen LogP contribution in [0.4, 0.5) is 0 Å². The minimum Gasteiger partial charge on any atom is -0.397 e. The smallest absolute Gasteiger partial charge is 0.321 e. The second-order valence-corrected chi connectivity index (χ2v) is 6.85. The lowest BCUT2D eigenvalue weighted by atomic mass is 9.77. The van der Waals surface area contributed by atoms with Crippen LogP contribution < -0.4 is 0 Å². The normalized spacial score (nSPS) is 20.8. The Balaban J connectivity index is 2.39. The van der Waals surface area contributed by atoms with Crippen LogP contribution in [0.15, 0.2) is 0 Å². The van der Waals surface area contributed by atoms with Gasteiger partial charge in [0.25, 0.3) is 0 Å². The lowest BCUT2D eigenvalue weighted by molar-refractivity contribution is 0.175. The molecular formula is C12H26O2Si. The molecule has 3 heteroatoms. The van der Waals surface area contributed by atoms with Crippen LogP contribution in [0, 0.1) is 5.41 Å². The molecule has 0 bridgehead atoms. The van der Waals surface area contributed by atoms with E-state index in [-0.39, 0.29) is 0 Å². The molecule has 1 fully saturated rings. The van der Waals surface area contributed by atoms with Crippen molar-refractivity contribution in [3.8, 4) is 0 Å². The van der Waals surface area contributed by atoms with Crippen molar-refractivity contribution in [3.63, 3.8) is 0 Å². The van der Waals surface area contributed by atoms with E-state index in [9.17, 15) is 0 Å². The summed E-state index contributed by atoms with van der Waals surface area (Å²) in [6.45, 7) is 8.19. The molecular weight excluding hydrogens is 204 g/mol. The molecule has 15 heavy (non-hydrogen) atoms. The molecule has 1 aliphatic carbocycles. The van der Waals surface area contributed by atoms with Crippen molar-refractivity contribution in [2.75, 3.05) is 13.2 Å². The van der Waals surface area contributed by atoms with Crippen LogP contribution in [-0.2, 0) is 8.85 Å². The van der Waals surface area contributed by atoms with Crippen molar-refractivity contribution < 1.29 is 8.85 Å². The quantitative estimate of drug-likeness (QED) is 0.652. The molecule has 0 radical (unpaired) electrons. The Hall–Kier alpha value is 0.137. The summed E-state index contributed by atoms with van der Waals surface area (Å²) < 4.78 is 11.5. The Labute approximate surface area is 96.2 Å². The lowest BCUT2D eigenvalue weighted by Gasteiger charge is -2.35. The molecule has 0 aromatic heterocycles. The first-order chi connectivity index (χ1) is 7.20. The van der Waals surface area contributed by atoms with Crippen LogP contribution in [0.5, 0.6) is 0 Å². The average Bonchev–Trinajstić information content (AvgIpc) is 2.19. The molecule has 1 saturated carbocycles. The van der Waals surface area contributed by atoms with Crippen LogP contribution >= 0.6 is 0 Å². The lowest BCUT2D eigenvalue weighted by Crippen LogP contribution is -2.32. The van der Waals surface area contributed by atoms with E-state index in [4.69, 9.17) is 8.85 Å². The fourth-order valence-electron chi connectivity index (χ4n) is 2.55. The van der Waals surface area contributed by atoms with Gasteiger partial charge in [0.05, 0.1) is 0 Å². The highest BCUT2D eigenvalue weighted by molar-refractivity contribution is 6.44. The van der Waals surface area contributed by atoms with Gasteiger partial charge in [-0.25, -0.2) is 0 Å². The zero-order valence-corrected chi connectivity index (χ0v) is 11.7. The fraction of sp³-hybridized carbons (Fsp3) is 1.00. The fourth-order valence-corrected chi connectivity index (χ4v) is 4.84. The molecule has 1 aliphatic rings. The van der Waals surface area contributed by atoms with Gasteiger partial charge in [-0.3, -0.25) is 0 Å². The monoisotopic (exact) mass is 230 g/mol. The van der Waals surface area contributed by atoms with E-state index < -0.39 is 9.28 Å². The Bertz CT molecular complexity index is 161. The Morgan fingerprint density at radius 1 is 1.00 bits per heavy atom. The van der Waals surface area contributed by atoms with Crippen molar-refractivity contribution in [1.29, 1.82) is 0 Å². The molecule has 0 heterocycles. The first-order valence-electron chi connectivity index (χ1n) is 6.43. The summed E-state index contributed by atoms with van der Waals surface area (Å²) in [7, 11) is -1.37. The van der Waals surface area contributed by atoms with Gasteiger partial charge >= 0.3 is 9.28 Å². The summed E-state index contributed by atoms with van der Waals surface area (Å²) in [5.41, 5.74) is 0.513. The molecule has 0 N–H and O–H groups in total. The summed E-state index contributed by atoms with van der Waals surface area (Å²) in [6.07, 6.45) is 6.96. The van der Waals surface area contributed by atoms with Crippen LogP contribution in [0.25, 0.3) is 0 Å². The highest BCUT2D eigenvalue weighted by Gasteiger charge is 2.31. The van der Waals surface area contributed by atoms with E-state index in [0.29, 0.717) is 5.41 Å². The first-order valence-corrected chi connectivity index (χ1v) is 8.19. The van der Waals surface area contributed by atoms with Gasteiger partial charge < -0.3 is 8.85 Å². The minimum atomic E-state index is -1.37. The van der Waals surface area contributed by atoms with Crippen molar-refractivity contribution in [2.45, 2.75) is 58.9 Å². The summed E-state index contributed by atoms with van der Waals surface area (Å²) in [6, 6.07) is 1.20. The molecule has 0 unspecified atom stereocenters. The minimum absolute atomic E-state index is 0.513. The molecule has 90 valence electrons. The van der Waals surface area contributed by atoms with Crippen LogP contribution in [0.2, 0.25) is 6.04 Å². The molecule has 0 saturated heterocycles. The largest absolute Gasteiger partial charge is 0.397 e. The van der Waals surface area contributed by atoms with Crippen LogP contribution in [0.1, 0.15) is 52.9 Å². The average molecular weight is 230 g/mol. The van der Waals surface area contributed by atoms with Gasteiger partial charge in [0.1, 0.15) is 0 Å². The zero-order chi connectivity index (χ0) is 11.1. The van der Waals surface area contributed by atoms with Gasteiger partial charge in [-0.1, -0.05) is 26.2 Å². The topological polar surface area (TPSA) is 18.5 Å². The molecule has 0 aliphatic heterocycles. The van der Waals surface area contributed by atoms with Gasteiger partial charge in [-0.15, -0.1) is 0 Å². The van der Waals surface area contributed by atoms with Gasteiger partial charge in [0, 0.05) is 13.2 Å². The highest BCUT2D eigenvalue weighted by atomic mass is 28.3. The van der Waals surface area contributed by atoms with Gasteiger partial charge in [-0.05, 0) is 38.1 Å². The third kappa shape index (κ3) is 4.66. The van der Waals surface area contributed by atoms with E-state index in [1.54, 1.807) is 0 Å². The summed E-state index contributed by atoms with van der Waals surface area (Å²) >= 11 is 0. The van der Waals surface area contributed by atoms with Crippen molar-refractivity contribution in [3.05, 3.63) is 0 Å². The highest BCUT2D eigenvalue weighted by Crippen LogP contribution is 2.40. The van der Waals surface area contributed by atoms with Crippen LogP contribution in [0.3, 0.4) is 0 Å². The maximum Gasteiger partial charge on any atom is 0.321 e. The Morgan fingerprint density at radius 2 is 1.53 bits per heavy atom.